The lowest BCUT2D eigenvalue weighted by atomic mass is 9.93. The Hall–Kier alpha value is -2.69. The fourth-order valence-corrected chi connectivity index (χ4v) is 2.55. The summed E-state index contributed by atoms with van der Waals surface area (Å²) >= 11 is 0. The van der Waals surface area contributed by atoms with Crippen molar-refractivity contribution in [2.75, 3.05) is 6.61 Å². The molecular weight excluding hydrogens is 332 g/mol. The van der Waals surface area contributed by atoms with E-state index in [1.165, 1.54) is 0 Å². The molecule has 26 heavy (non-hydrogen) atoms. The minimum absolute atomic E-state index is 0.0446. The van der Waals surface area contributed by atoms with E-state index >= 15 is 0 Å². The van der Waals surface area contributed by atoms with Crippen LogP contribution in [0.3, 0.4) is 0 Å². The van der Waals surface area contributed by atoms with Gasteiger partial charge in [-0.3, -0.25) is 9.59 Å². The zero-order valence-corrected chi connectivity index (χ0v) is 15.0. The molecule has 0 N–H and O–H groups in total. The van der Waals surface area contributed by atoms with Gasteiger partial charge in [0.2, 0.25) is 5.78 Å². The van der Waals surface area contributed by atoms with Crippen LogP contribution in [0.1, 0.15) is 38.2 Å². The molecule has 1 aliphatic carbocycles. The Kier molecular flexibility index (Phi) is 7.80. The number of esters is 1. The highest BCUT2D eigenvalue weighted by atomic mass is 16.5. The molecule has 5 nitrogen and oxygen atoms in total. The predicted molar refractivity (Wildman–Crippen MR) is 97.1 cm³/mol. The highest BCUT2D eigenvalue weighted by Gasteiger charge is 2.18. The van der Waals surface area contributed by atoms with E-state index < -0.39 is 11.8 Å². The Bertz CT molecular complexity index is 688. The zero-order chi connectivity index (χ0) is 18.8. The van der Waals surface area contributed by atoms with Crippen LogP contribution in [0.5, 0.6) is 0 Å². The predicted octanol–water partition coefficient (Wildman–Crippen LogP) is 3.53. The number of carbonyl (C=O) groups excluding carboxylic acids is 3. The number of carbonyl (C=O) groups is 3. The van der Waals surface area contributed by atoms with Gasteiger partial charge in [0, 0.05) is 12.3 Å². The molecule has 0 aromatic heterocycles. The van der Waals surface area contributed by atoms with Crippen molar-refractivity contribution >= 4 is 17.5 Å². The van der Waals surface area contributed by atoms with Crippen LogP contribution in [-0.4, -0.2) is 24.1 Å². The van der Waals surface area contributed by atoms with Crippen LogP contribution in [0, 0.1) is 5.92 Å². The number of ether oxygens (including phenoxy) is 2. The van der Waals surface area contributed by atoms with Crippen molar-refractivity contribution in [1.82, 2.24) is 0 Å². The molecule has 1 aromatic carbocycles. The Morgan fingerprint density at radius 3 is 2.54 bits per heavy atom. The number of benzene rings is 1. The van der Waals surface area contributed by atoms with Gasteiger partial charge in [0.1, 0.15) is 18.1 Å². The molecule has 1 atom stereocenters. The summed E-state index contributed by atoms with van der Waals surface area (Å²) in [4.78, 5) is 35.3. The number of Topliss-reactive ketones (excluding diaryl/α,β-unsaturated/α-hetero) is 2. The molecule has 0 aliphatic heterocycles. The van der Waals surface area contributed by atoms with Crippen LogP contribution in [-0.2, 0) is 30.5 Å². The highest BCUT2D eigenvalue weighted by Crippen LogP contribution is 2.19. The maximum atomic E-state index is 11.8. The number of allylic oxidation sites excluding steroid dienone is 3. The first-order chi connectivity index (χ1) is 12.6. The Labute approximate surface area is 153 Å². The topological polar surface area (TPSA) is 69.7 Å². The summed E-state index contributed by atoms with van der Waals surface area (Å²) in [6.07, 6.45) is 7.42. The second kappa shape index (κ2) is 10.3. The highest BCUT2D eigenvalue weighted by molar-refractivity contribution is 6.33. The number of ketones is 2. The quantitative estimate of drug-likeness (QED) is 0.474. The van der Waals surface area contributed by atoms with E-state index in [1.54, 1.807) is 6.08 Å². The lowest BCUT2D eigenvalue weighted by Gasteiger charge is -2.15. The molecule has 2 rings (SSSR count). The minimum atomic E-state index is -0.851. The summed E-state index contributed by atoms with van der Waals surface area (Å²) in [6.45, 7) is 2.16. The van der Waals surface area contributed by atoms with Gasteiger partial charge in [-0.2, -0.15) is 0 Å². The molecule has 0 spiro atoms. The Morgan fingerprint density at radius 1 is 1.12 bits per heavy atom. The van der Waals surface area contributed by atoms with Crippen LogP contribution < -0.4 is 0 Å². The van der Waals surface area contributed by atoms with Crippen molar-refractivity contribution < 1.29 is 23.9 Å². The summed E-state index contributed by atoms with van der Waals surface area (Å²) in [5.74, 6) is -0.698. The molecule has 1 aromatic rings. The van der Waals surface area contributed by atoms with Gasteiger partial charge in [-0.25, -0.2) is 4.79 Å². The van der Waals surface area contributed by atoms with Gasteiger partial charge in [0.25, 0.3) is 0 Å². The van der Waals surface area contributed by atoms with E-state index in [4.69, 9.17) is 9.47 Å². The number of hydrogen-bond donors (Lipinski definition) is 0. The summed E-state index contributed by atoms with van der Waals surface area (Å²) in [6, 6.07) is 9.18. The van der Waals surface area contributed by atoms with Crippen LogP contribution in [0.2, 0.25) is 0 Å². The van der Waals surface area contributed by atoms with Gasteiger partial charge in [-0.05, 0) is 30.6 Å². The normalized spacial score (nSPS) is 15.9. The van der Waals surface area contributed by atoms with Crippen LogP contribution in [0.25, 0.3) is 0 Å². The van der Waals surface area contributed by atoms with Gasteiger partial charge < -0.3 is 9.47 Å². The third kappa shape index (κ3) is 6.31. The zero-order valence-electron chi connectivity index (χ0n) is 15.0. The van der Waals surface area contributed by atoms with Crippen molar-refractivity contribution in [2.24, 2.45) is 5.92 Å². The SMILES string of the molecule is CCCC(=O)C1C=CC(OCCC(=O)C(=O)OCc2ccccc2)=CC1. The monoisotopic (exact) mass is 356 g/mol. The molecule has 0 bridgehead atoms. The summed E-state index contributed by atoms with van der Waals surface area (Å²) in [7, 11) is 0. The van der Waals surface area contributed by atoms with Gasteiger partial charge in [-0.15, -0.1) is 0 Å². The maximum Gasteiger partial charge on any atom is 0.375 e. The molecule has 0 fully saturated rings. The van der Waals surface area contributed by atoms with Crippen molar-refractivity contribution in [3.63, 3.8) is 0 Å². The largest absolute Gasteiger partial charge is 0.493 e. The summed E-state index contributed by atoms with van der Waals surface area (Å²) in [5.41, 5.74) is 0.828. The summed E-state index contributed by atoms with van der Waals surface area (Å²) in [5, 5.41) is 0. The molecule has 1 unspecified atom stereocenters. The minimum Gasteiger partial charge on any atom is -0.493 e. The van der Waals surface area contributed by atoms with E-state index in [-0.39, 0.29) is 31.3 Å². The van der Waals surface area contributed by atoms with Crippen molar-refractivity contribution in [3.05, 3.63) is 59.9 Å². The molecule has 1 aliphatic rings. The smallest absolute Gasteiger partial charge is 0.375 e. The standard InChI is InChI=1S/C21H24O5/c1-2-6-19(22)17-9-11-18(12-10-17)25-14-13-20(23)21(24)26-15-16-7-4-3-5-8-16/h3-5,7-9,11-12,17H,2,6,10,13-15H2,1H3. The van der Waals surface area contributed by atoms with Gasteiger partial charge in [-0.1, -0.05) is 43.3 Å². The number of rotatable bonds is 10. The molecule has 5 heteroatoms. The van der Waals surface area contributed by atoms with E-state index in [0.29, 0.717) is 18.6 Å². The number of hydrogen-bond acceptors (Lipinski definition) is 5. The lowest BCUT2D eigenvalue weighted by molar-refractivity contribution is -0.155. The van der Waals surface area contributed by atoms with E-state index in [2.05, 4.69) is 0 Å². The first-order valence-corrected chi connectivity index (χ1v) is 8.88. The van der Waals surface area contributed by atoms with Crippen LogP contribution in [0.4, 0.5) is 0 Å². The molecule has 0 saturated heterocycles. The van der Waals surface area contributed by atoms with Crippen molar-refractivity contribution in [1.29, 1.82) is 0 Å². The Balaban J connectivity index is 1.66. The molecular formula is C21H24O5. The lowest BCUT2D eigenvalue weighted by Crippen LogP contribution is -2.19. The van der Waals surface area contributed by atoms with Gasteiger partial charge >= 0.3 is 5.97 Å². The average molecular weight is 356 g/mol. The molecule has 0 amide bonds. The maximum absolute atomic E-state index is 11.8. The third-order valence-electron chi connectivity index (χ3n) is 4.01. The van der Waals surface area contributed by atoms with Crippen molar-refractivity contribution in [3.8, 4) is 0 Å². The van der Waals surface area contributed by atoms with Crippen LogP contribution in [0.15, 0.2) is 54.3 Å². The molecule has 0 heterocycles. The fourth-order valence-electron chi connectivity index (χ4n) is 2.55. The van der Waals surface area contributed by atoms with E-state index in [1.807, 2.05) is 49.4 Å². The van der Waals surface area contributed by atoms with Gasteiger partial charge in [0.05, 0.1) is 13.0 Å². The first-order valence-electron chi connectivity index (χ1n) is 8.88. The second-order valence-electron chi connectivity index (χ2n) is 6.11. The van der Waals surface area contributed by atoms with Crippen molar-refractivity contribution in [2.45, 2.75) is 39.2 Å². The molecule has 0 radical (unpaired) electrons. The fraction of sp³-hybridized carbons (Fsp3) is 0.381. The first kappa shape index (κ1) is 19.6. The molecule has 0 saturated carbocycles. The second-order valence-corrected chi connectivity index (χ2v) is 6.11. The van der Waals surface area contributed by atoms with E-state index in [9.17, 15) is 14.4 Å². The van der Waals surface area contributed by atoms with E-state index in [0.717, 1.165) is 12.0 Å². The molecule has 138 valence electrons. The Morgan fingerprint density at radius 2 is 1.88 bits per heavy atom. The summed E-state index contributed by atoms with van der Waals surface area (Å²) < 4.78 is 10.5. The van der Waals surface area contributed by atoms with Gasteiger partial charge in [0.15, 0.2) is 0 Å². The third-order valence-corrected chi connectivity index (χ3v) is 4.01. The van der Waals surface area contributed by atoms with Crippen LogP contribution >= 0.6 is 0 Å². The average Bonchev–Trinajstić information content (AvgIpc) is 2.67.